The molecule has 50 valence electrons. The van der Waals surface area contributed by atoms with Crippen molar-refractivity contribution in [2.45, 2.75) is 13.0 Å². The second kappa shape index (κ2) is 2.67. The number of aliphatic hydroxyl groups is 1. The third kappa shape index (κ3) is 1.43. The van der Waals surface area contributed by atoms with Gasteiger partial charge in [-0.25, -0.2) is 0 Å². The van der Waals surface area contributed by atoms with Crippen LogP contribution in [0.2, 0.25) is 0 Å². The van der Waals surface area contributed by atoms with Gasteiger partial charge >= 0.3 is 0 Å². The highest BCUT2D eigenvalue weighted by atomic mass is 79.9. The Morgan fingerprint density at radius 2 is 2.44 bits per heavy atom. The largest absolute Gasteiger partial charge is 0.392 e. The molecule has 1 aliphatic rings. The minimum Gasteiger partial charge on any atom is -0.392 e. The maximum absolute atomic E-state index is 9.10. The van der Waals surface area contributed by atoms with E-state index in [1.54, 1.807) is 6.92 Å². The Morgan fingerprint density at radius 1 is 1.78 bits per heavy atom. The molecule has 0 aromatic carbocycles. The van der Waals surface area contributed by atoms with Gasteiger partial charge in [-0.05, 0) is 6.92 Å². The first kappa shape index (κ1) is 7.03. The van der Waals surface area contributed by atoms with E-state index in [9.17, 15) is 0 Å². The molecular weight excluding hydrogens is 180 g/mol. The summed E-state index contributed by atoms with van der Waals surface area (Å²) in [5.74, 6) is 0.185. The van der Waals surface area contributed by atoms with Crippen LogP contribution in [0.4, 0.5) is 0 Å². The topological polar surface area (TPSA) is 20.2 Å². The molecular formula is C7H9BrO. The van der Waals surface area contributed by atoms with E-state index in [1.807, 2.05) is 18.2 Å². The molecule has 0 fully saturated rings. The lowest BCUT2D eigenvalue weighted by molar-refractivity contribution is 0.168. The Kier molecular flexibility index (Phi) is 2.09. The molecule has 0 heterocycles. The van der Waals surface area contributed by atoms with Crippen LogP contribution in [0.3, 0.4) is 0 Å². The van der Waals surface area contributed by atoms with Gasteiger partial charge in [0.2, 0.25) is 0 Å². The number of hydrogen-bond donors (Lipinski definition) is 1. The van der Waals surface area contributed by atoms with Crippen LogP contribution in [0, 0.1) is 5.92 Å². The van der Waals surface area contributed by atoms with Crippen LogP contribution in [-0.2, 0) is 0 Å². The number of hydrogen-bond acceptors (Lipinski definition) is 1. The molecule has 0 bridgehead atoms. The van der Waals surface area contributed by atoms with Crippen molar-refractivity contribution >= 4 is 15.9 Å². The van der Waals surface area contributed by atoms with Gasteiger partial charge in [0, 0.05) is 10.4 Å². The maximum atomic E-state index is 9.10. The van der Waals surface area contributed by atoms with Gasteiger partial charge in [0.05, 0.1) is 6.10 Å². The highest BCUT2D eigenvalue weighted by molar-refractivity contribution is 9.11. The molecule has 0 spiro atoms. The average Bonchev–Trinajstić information content (AvgIpc) is 2.13. The molecule has 2 atom stereocenters. The van der Waals surface area contributed by atoms with E-state index >= 15 is 0 Å². The average molecular weight is 189 g/mol. The summed E-state index contributed by atoms with van der Waals surface area (Å²) < 4.78 is 1.07. The molecule has 2 heteroatoms. The monoisotopic (exact) mass is 188 g/mol. The van der Waals surface area contributed by atoms with Gasteiger partial charge in [-0.1, -0.05) is 34.2 Å². The van der Waals surface area contributed by atoms with Gasteiger partial charge in [0.15, 0.2) is 0 Å². The molecule has 0 aromatic heterocycles. The fraction of sp³-hybridized carbons (Fsp3) is 0.429. The van der Waals surface area contributed by atoms with Crippen molar-refractivity contribution in [3.05, 3.63) is 22.7 Å². The molecule has 0 aliphatic heterocycles. The summed E-state index contributed by atoms with van der Waals surface area (Å²) in [7, 11) is 0. The van der Waals surface area contributed by atoms with Crippen molar-refractivity contribution in [3.63, 3.8) is 0 Å². The standard InChI is InChI=1S/C7H9BrO/c1-5(9)6-3-2-4-7(6)8/h2-6,9H,1H3/t5-,6?/m1/s1. The molecule has 1 unspecified atom stereocenters. The number of rotatable bonds is 1. The Hall–Kier alpha value is -0.0800. The van der Waals surface area contributed by atoms with Gasteiger partial charge in [0.1, 0.15) is 0 Å². The number of allylic oxidation sites excluding steroid dienone is 2. The summed E-state index contributed by atoms with van der Waals surface area (Å²) >= 11 is 3.34. The lowest BCUT2D eigenvalue weighted by atomic mass is 10.1. The Labute approximate surface area is 63.2 Å². The Bertz CT molecular complexity index is 158. The first-order chi connectivity index (χ1) is 4.22. The zero-order valence-electron chi connectivity index (χ0n) is 5.21. The van der Waals surface area contributed by atoms with Crippen LogP contribution in [-0.4, -0.2) is 11.2 Å². The SMILES string of the molecule is C[C@@H](O)C1C=CC=C1Br. The fourth-order valence-electron chi connectivity index (χ4n) is 0.861. The zero-order valence-corrected chi connectivity index (χ0v) is 6.80. The van der Waals surface area contributed by atoms with Crippen LogP contribution in [0.1, 0.15) is 6.92 Å². The normalized spacial score (nSPS) is 28.3. The summed E-state index contributed by atoms with van der Waals surface area (Å²) in [6, 6.07) is 0. The molecule has 0 radical (unpaired) electrons. The van der Waals surface area contributed by atoms with Crippen LogP contribution in [0.15, 0.2) is 22.7 Å². The summed E-state index contributed by atoms with van der Waals surface area (Å²) in [4.78, 5) is 0. The Morgan fingerprint density at radius 3 is 2.67 bits per heavy atom. The first-order valence-corrected chi connectivity index (χ1v) is 3.73. The maximum Gasteiger partial charge on any atom is 0.0620 e. The zero-order chi connectivity index (χ0) is 6.85. The van der Waals surface area contributed by atoms with Gasteiger partial charge in [0.25, 0.3) is 0 Å². The third-order valence-electron chi connectivity index (χ3n) is 1.41. The molecule has 0 aromatic rings. The van der Waals surface area contributed by atoms with Crippen LogP contribution in [0.25, 0.3) is 0 Å². The highest BCUT2D eigenvalue weighted by Gasteiger charge is 2.16. The van der Waals surface area contributed by atoms with E-state index in [0.29, 0.717) is 0 Å². The molecule has 1 rings (SSSR count). The predicted molar refractivity (Wildman–Crippen MR) is 41.3 cm³/mol. The smallest absolute Gasteiger partial charge is 0.0620 e. The predicted octanol–water partition coefficient (Wildman–Crippen LogP) is 1.83. The second-order valence-electron chi connectivity index (χ2n) is 2.20. The number of halogens is 1. The van der Waals surface area contributed by atoms with Crippen LogP contribution in [0.5, 0.6) is 0 Å². The summed E-state index contributed by atoms with van der Waals surface area (Å²) in [5, 5.41) is 9.10. The van der Waals surface area contributed by atoms with Crippen molar-refractivity contribution in [1.82, 2.24) is 0 Å². The molecule has 1 N–H and O–H groups in total. The van der Waals surface area contributed by atoms with Crippen molar-refractivity contribution in [2.75, 3.05) is 0 Å². The third-order valence-corrected chi connectivity index (χ3v) is 2.21. The number of aliphatic hydroxyl groups excluding tert-OH is 1. The Balaban J connectivity index is 2.63. The molecule has 0 amide bonds. The van der Waals surface area contributed by atoms with Crippen molar-refractivity contribution in [1.29, 1.82) is 0 Å². The van der Waals surface area contributed by atoms with Gasteiger partial charge in [-0.15, -0.1) is 0 Å². The quantitative estimate of drug-likeness (QED) is 0.667. The van der Waals surface area contributed by atoms with Gasteiger partial charge in [-0.3, -0.25) is 0 Å². The summed E-state index contributed by atoms with van der Waals surface area (Å²) in [6.45, 7) is 1.79. The van der Waals surface area contributed by atoms with Crippen LogP contribution < -0.4 is 0 Å². The minimum atomic E-state index is -0.283. The lowest BCUT2D eigenvalue weighted by Gasteiger charge is -2.10. The van der Waals surface area contributed by atoms with E-state index in [4.69, 9.17) is 5.11 Å². The van der Waals surface area contributed by atoms with E-state index in [0.717, 1.165) is 4.48 Å². The van der Waals surface area contributed by atoms with E-state index in [2.05, 4.69) is 15.9 Å². The molecule has 9 heavy (non-hydrogen) atoms. The summed E-state index contributed by atoms with van der Waals surface area (Å²) in [6.07, 6.45) is 5.60. The van der Waals surface area contributed by atoms with Crippen molar-refractivity contribution in [2.24, 2.45) is 5.92 Å². The van der Waals surface area contributed by atoms with Crippen molar-refractivity contribution in [3.8, 4) is 0 Å². The van der Waals surface area contributed by atoms with Crippen LogP contribution >= 0.6 is 15.9 Å². The van der Waals surface area contributed by atoms with Gasteiger partial charge in [-0.2, -0.15) is 0 Å². The van der Waals surface area contributed by atoms with E-state index in [1.165, 1.54) is 0 Å². The highest BCUT2D eigenvalue weighted by Crippen LogP contribution is 2.27. The minimum absolute atomic E-state index is 0.185. The summed E-state index contributed by atoms with van der Waals surface area (Å²) in [5.41, 5.74) is 0. The fourth-order valence-corrected chi connectivity index (χ4v) is 1.55. The molecule has 1 nitrogen and oxygen atoms in total. The first-order valence-electron chi connectivity index (χ1n) is 2.94. The van der Waals surface area contributed by atoms with Crippen molar-refractivity contribution < 1.29 is 5.11 Å². The molecule has 0 saturated heterocycles. The van der Waals surface area contributed by atoms with E-state index in [-0.39, 0.29) is 12.0 Å². The lowest BCUT2D eigenvalue weighted by Crippen LogP contribution is -2.12. The second-order valence-corrected chi connectivity index (χ2v) is 3.12. The molecule has 1 aliphatic carbocycles. The van der Waals surface area contributed by atoms with Gasteiger partial charge < -0.3 is 5.11 Å². The molecule has 0 saturated carbocycles. The van der Waals surface area contributed by atoms with E-state index < -0.39 is 0 Å².